The summed E-state index contributed by atoms with van der Waals surface area (Å²) in [5, 5.41) is 18.5. The maximum Gasteiger partial charge on any atom is 0.322 e. The van der Waals surface area contributed by atoms with Gasteiger partial charge in [0.25, 0.3) is 11.8 Å². The highest BCUT2D eigenvalue weighted by atomic mass is 16.4. The zero-order valence-electron chi connectivity index (χ0n) is 19.5. The predicted octanol–water partition coefficient (Wildman–Crippen LogP) is -0.101. The van der Waals surface area contributed by atoms with E-state index in [0.29, 0.717) is 17.7 Å². The van der Waals surface area contributed by atoms with Crippen LogP contribution in [0.5, 0.6) is 0 Å². The van der Waals surface area contributed by atoms with Gasteiger partial charge in [-0.2, -0.15) is 0 Å². The van der Waals surface area contributed by atoms with Crippen LogP contribution in [-0.2, 0) is 27.5 Å². The van der Waals surface area contributed by atoms with Crippen molar-refractivity contribution in [1.29, 1.82) is 0 Å². The Hall–Kier alpha value is -4.25. The molecule has 35 heavy (non-hydrogen) atoms. The summed E-state index contributed by atoms with van der Waals surface area (Å²) in [4.78, 5) is 59.3. The number of aliphatic carboxylic acids is 1. The van der Waals surface area contributed by atoms with Crippen LogP contribution >= 0.6 is 0 Å². The van der Waals surface area contributed by atoms with Gasteiger partial charge in [0.1, 0.15) is 18.6 Å². The lowest BCUT2D eigenvalue weighted by Crippen LogP contribution is -2.52. The molecular formula is C24H29N5O6. The molecule has 4 amide bonds. The second-order valence-electron chi connectivity index (χ2n) is 7.82. The third-order valence-corrected chi connectivity index (χ3v) is 5.03. The molecule has 0 spiro atoms. The van der Waals surface area contributed by atoms with Crippen molar-refractivity contribution in [3.63, 3.8) is 0 Å². The van der Waals surface area contributed by atoms with Crippen LogP contribution in [0.25, 0.3) is 0 Å². The van der Waals surface area contributed by atoms with E-state index in [1.807, 2.05) is 0 Å². The Morgan fingerprint density at radius 1 is 0.743 bits per heavy atom. The van der Waals surface area contributed by atoms with E-state index in [1.54, 1.807) is 48.5 Å². The van der Waals surface area contributed by atoms with Gasteiger partial charge in [0.2, 0.25) is 11.8 Å². The quantitative estimate of drug-likeness (QED) is 0.258. The third kappa shape index (κ3) is 8.55. The van der Waals surface area contributed by atoms with Gasteiger partial charge in [-0.25, -0.2) is 0 Å². The molecule has 0 bridgehead atoms. The molecular weight excluding hydrogens is 454 g/mol. The fourth-order valence-electron chi connectivity index (χ4n) is 2.92. The minimum absolute atomic E-state index is 0.235. The van der Waals surface area contributed by atoms with Crippen LogP contribution in [-0.4, -0.2) is 53.3 Å². The van der Waals surface area contributed by atoms with Gasteiger partial charge >= 0.3 is 5.97 Å². The molecule has 0 aliphatic rings. The van der Waals surface area contributed by atoms with E-state index in [0.717, 1.165) is 11.1 Å². The topological polar surface area (TPSA) is 180 Å². The normalized spacial score (nSPS) is 12.1. The van der Waals surface area contributed by atoms with Crippen LogP contribution in [0, 0.1) is 0 Å². The second kappa shape index (κ2) is 12.8. The van der Waals surface area contributed by atoms with Crippen molar-refractivity contribution in [2.45, 2.75) is 39.0 Å². The van der Waals surface area contributed by atoms with Crippen molar-refractivity contribution in [2.24, 2.45) is 5.73 Å². The lowest BCUT2D eigenvalue weighted by molar-refractivity contribution is -0.138. The molecule has 0 unspecified atom stereocenters. The van der Waals surface area contributed by atoms with Crippen molar-refractivity contribution in [3.05, 3.63) is 70.8 Å². The zero-order valence-corrected chi connectivity index (χ0v) is 19.5. The average molecular weight is 484 g/mol. The van der Waals surface area contributed by atoms with Crippen molar-refractivity contribution < 1.29 is 29.1 Å². The number of carboxylic acid groups (broad SMARTS) is 1. The summed E-state index contributed by atoms with van der Waals surface area (Å²) in [5.41, 5.74) is 8.08. The molecule has 0 aliphatic heterocycles. The van der Waals surface area contributed by atoms with Crippen molar-refractivity contribution >= 4 is 29.6 Å². The van der Waals surface area contributed by atoms with Crippen molar-refractivity contribution in [3.8, 4) is 0 Å². The summed E-state index contributed by atoms with van der Waals surface area (Å²) in [6.45, 7) is 2.96. The third-order valence-electron chi connectivity index (χ3n) is 5.03. The molecule has 0 aromatic heterocycles. The number of hydrogen-bond acceptors (Lipinski definition) is 6. The molecule has 0 heterocycles. The van der Waals surface area contributed by atoms with E-state index in [-0.39, 0.29) is 12.5 Å². The summed E-state index contributed by atoms with van der Waals surface area (Å²) in [5.74, 6) is -3.19. The number of benzene rings is 2. The number of carbonyl (C=O) groups is 5. The monoisotopic (exact) mass is 483 g/mol. The van der Waals surface area contributed by atoms with Gasteiger partial charge in [-0.3, -0.25) is 24.0 Å². The van der Waals surface area contributed by atoms with Crippen LogP contribution in [0.3, 0.4) is 0 Å². The first-order chi connectivity index (χ1) is 16.6. The summed E-state index contributed by atoms with van der Waals surface area (Å²) in [6.07, 6.45) is 0. The van der Waals surface area contributed by atoms with Gasteiger partial charge in [-0.1, -0.05) is 24.3 Å². The van der Waals surface area contributed by atoms with E-state index in [1.165, 1.54) is 13.8 Å². The molecule has 11 heteroatoms. The maximum absolute atomic E-state index is 12.5. The van der Waals surface area contributed by atoms with E-state index in [2.05, 4.69) is 21.3 Å². The van der Waals surface area contributed by atoms with Gasteiger partial charge in [0.15, 0.2) is 0 Å². The largest absolute Gasteiger partial charge is 0.480 e. The number of rotatable bonds is 11. The SMILES string of the molecule is C[C@H](NC(=O)c1ccc(CNC(=O)c2ccc(CN)cc2)cc1)C(=O)N[C@@H](C)C(=O)NCC(=O)O. The molecule has 2 aromatic carbocycles. The maximum atomic E-state index is 12.5. The first-order valence-corrected chi connectivity index (χ1v) is 10.9. The van der Waals surface area contributed by atoms with Gasteiger partial charge < -0.3 is 32.1 Å². The number of nitrogens with two attached hydrogens (primary N) is 1. The van der Waals surface area contributed by atoms with Crippen LogP contribution < -0.4 is 27.0 Å². The highest BCUT2D eigenvalue weighted by Crippen LogP contribution is 2.07. The van der Waals surface area contributed by atoms with Crippen LogP contribution in [0.4, 0.5) is 0 Å². The summed E-state index contributed by atoms with van der Waals surface area (Å²) >= 11 is 0. The van der Waals surface area contributed by atoms with Gasteiger partial charge in [-0.15, -0.1) is 0 Å². The average Bonchev–Trinajstić information content (AvgIpc) is 2.85. The summed E-state index contributed by atoms with van der Waals surface area (Å²) in [7, 11) is 0. The fourth-order valence-corrected chi connectivity index (χ4v) is 2.92. The Morgan fingerprint density at radius 3 is 1.80 bits per heavy atom. The lowest BCUT2D eigenvalue weighted by atomic mass is 10.1. The Labute approximate surface area is 202 Å². The number of carboxylic acids is 1. The summed E-state index contributed by atoms with van der Waals surface area (Å²) in [6, 6.07) is 11.6. The molecule has 0 fully saturated rings. The van der Waals surface area contributed by atoms with Gasteiger partial charge in [0.05, 0.1) is 0 Å². The van der Waals surface area contributed by atoms with Crippen LogP contribution in [0.2, 0.25) is 0 Å². The smallest absolute Gasteiger partial charge is 0.322 e. The number of hydrogen-bond donors (Lipinski definition) is 6. The Bertz CT molecular complexity index is 1070. The number of amides is 4. The van der Waals surface area contributed by atoms with E-state index >= 15 is 0 Å². The molecule has 2 rings (SSSR count). The molecule has 0 aliphatic carbocycles. The highest BCUT2D eigenvalue weighted by Gasteiger charge is 2.21. The fraction of sp³-hybridized carbons (Fsp3) is 0.292. The molecule has 2 aromatic rings. The van der Waals surface area contributed by atoms with Crippen molar-refractivity contribution in [1.82, 2.24) is 21.3 Å². The first-order valence-electron chi connectivity index (χ1n) is 10.9. The number of carbonyl (C=O) groups excluding carboxylic acids is 4. The predicted molar refractivity (Wildman–Crippen MR) is 127 cm³/mol. The molecule has 7 N–H and O–H groups in total. The van der Waals surface area contributed by atoms with Gasteiger partial charge in [-0.05, 0) is 49.2 Å². The van der Waals surface area contributed by atoms with Crippen LogP contribution in [0.15, 0.2) is 48.5 Å². The minimum Gasteiger partial charge on any atom is -0.480 e. The molecule has 0 radical (unpaired) electrons. The zero-order chi connectivity index (χ0) is 26.0. The molecule has 0 saturated carbocycles. The first kappa shape index (κ1) is 27.0. The van der Waals surface area contributed by atoms with E-state index in [9.17, 15) is 24.0 Å². The molecule has 186 valence electrons. The standard InChI is InChI=1S/C24H29N5O6/c1-14(21(32)27-13-20(30)31)28-22(33)15(2)29-24(35)19-9-5-17(6-10-19)12-26-23(34)18-7-3-16(11-25)4-8-18/h3-10,14-15H,11-13,25H2,1-2H3,(H,26,34)(H,27,32)(H,28,33)(H,29,35)(H,30,31)/t14-,15-/m0/s1. The van der Waals surface area contributed by atoms with E-state index < -0.39 is 42.3 Å². The Kier molecular flexibility index (Phi) is 9.91. The molecule has 2 atom stereocenters. The highest BCUT2D eigenvalue weighted by molar-refractivity contribution is 5.98. The molecule has 11 nitrogen and oxygen atoms in total. The lowest BCUT2D eigenvalue weighted by Gasteiger charge is -2.18. The number of nitrogens with one attached hydrogen (secondary N) is 4. The van der Waals surface area contributed by atoms with Gasteiger partial charge in [0, 0.05) is 24.2 Å². The van der Waals surface area contributed by atoms with Crippen LogP contribution in [0.1, 0.15) is 45.7 Å². The van der Waals surface area contributed by atoms with E-state index in [4.69, 9.17) is 10.8 Å². The second-order valence-corrected chi connectivity index (χ2v) is 7.82. The summed E-state index contributed by atoms with van der Waals surface area (Å²) < 4.78 is 0. The molecule has 0 saturated heterocycles. The Balaban J connectivity index is 1.83. The minimum atomic E-state index is -1.21. The Morgan fingerprint density at radius 2 is 1.26 bits per heavy atom. The van der Waals surface area contributed by atoms with Crippen molar-refractivity contribution in [2.75, 3.05) is 6.54 Å².